The fourth-order valence-corrected chi connectivity index (χ4v) is 5.75. The largest absolute Gasteiger partial charge is 0.381 e. The molecule has 0 bridgehead atoms. The van der Waals surface area contributed by atoms with Crippen LogP contribution in [0.15, 0.2) is 29.4 Å². The van der Waals surface area contributed by atoms with Gasteiger partial charge in [0, 0.05) is 44.9 Å². The van der Waals surface area contributed by atoms with E-state index in [4.69, 9.17) is 10.1 Å². The van der Waals surface area contributed by atoms with Gasteiger partial charge in [0.05, 0.1) is 15.7 Å². The van der Waals surface area contributed by atoms with Gasteiger partial charge in [0.2, 0.25) is 5.91 Å². The molecule has 0 aromatic carbocycles. The Labute approximate surface area is 187 Å². The Balaban J connectivity index is 1.61. The Morgan fingerprint density at radius 1 is 1.31 bits per heavy atom. The van der Waals surface area contributed by atoms with E-state index in [1.807, 2.05) is 0 Å². The summed E-state index contributed by atoms with van der Waals surface area (Å²) in [4.78, 5) is 17.5. The van der Waals surface area contributed by atoms with E-state index in [0.29, 0.717) is 38.3 Å². The quantitative estimate of drug-likeness (QED) is 0.486. The Kier molecular flexibility index (Phi) is 6.56. The zero-order chi connectivity index (χ0) is 22.7. The van der Waals surface area contributed by atoms with Crippen molar-refractivity contribution in [1.82, 2.24) is 14.8 Å². The van der Waals surface area contributed by atoms with Gasteiger partial charge < -0.3 is 20.8 Å². The number of rotatable bonds is 9. The van der Waals surface area contributed by atoms with Crippen LogP contribution in [0, 0.1) is 11.3 Å². The normalized spacial score (nSPS) is 18.2. The molecule has 0 unspecified atom stereocenters. The third-order valence-electron chi connectivity index (χ3n) is 5.87. The Hall–Kier alpha value is -2.79. The molecule has 2 fully saturated rings. The fraction of sp³-hybridized carbons (Fsp3) is 0.524. The molecule has 0 spiro atoms. The van der Waals surface area contributed by atoms with Gasteiger partial charge >= 0.3 is 0 Å². The highest BCUT2D eigenvalue weighted by Crippen LogP contribution is 2.36. The van der Waals surface area contributed by atoms with Crippen LogP contribution < -0.4 is 10.6 Å². The summed E-state index contributed by atoms with van der Waals surface area (Å²) in [6.45, 7) is 1.30. The number of nitrogens with one attached hydrogen (secondary N) is 3. The topological polar surface area (TPSA) is 139 Å². The van der Waals surface area contributed by atoms with Crippen LogP contribution >= 0.6 is 0 Å². The number of hydrogen-bond acceptors (Lipinski definition) is 8. The van der Waals surface area contributed by atoms with E-state index in [0.717, 1.165) is 19.1 Å². The molecule has 2 aliphatic rings. The van der Waals surface area contributed by atoms with Crippen molar-refractivity contribution in [2.45, 2.75) is 48.3 Å². The minimum absolute atomic E-state index is 0.0856. The van der Waals surface area contributed by atoms with E-state index >= 15 is 0 Å². The Bertz CT molecular complexity index is 1090. The molecule has 3 N–H and O–H groups in total. The van der Waals surface area contributed by atoms with E-state index in [2.05, 4.69) is 20.7 Å². The molecule has 0 radical (unpaired) electrons. The van der Waals surface area contributed by atoms with Gasteiger partial charge in [-0.1, -0.05) is 0 Å². The summed E-state index contributed by atoms with van der Waals surface area (Å²) in [6.07, 6.45) is 7.61. The lowest BCUT2D eigenvalue weighted by Crippen LogP contribution is -2.38. The number of nitrogens with zero attached hydrogens (tertiary/aromatic N) is 3. The molecular formula is C21H28N6O4S. The fourth-order valence-electron chi connectivity index (χ4n) is 3.92. The van der Waals surface area contributed by atoms with Gasteiger partial charge in [-0.05, 0) is 44.1 Å². The summed E-state index contributed by atoms with van der Waals surface area (Å²) in [7, 11) is -1.76. The average molecular weight is 461 g/mol. The number of sulfone groups is 1. The lowest BCUT2D eigenvalue weighted by Gasteiger charge is -2.27. The molecule has 3 heterocycles. The summed E-state index contributed by atoms with van der Waals surface area (Å²) >= 11 is 0. The number of ether oxygens (including phenoxy) is 1. The molecule has 32 heavy (non-hydrogen) atoms. The molecule has 10 nitrogen and oxygen atoms in total. The van der Waals surface area contributed by atoms with E-state index in [9.17, 15) is 13.2 Å². The number of carbonyl (C=O) groups excluding carboxylic acids is 1. The first kappa shape index (κ1) is 22.4. The molecule has 172 valence electrons. The van der Waals surface area contributed by atoms with Crippen molar-refractivity contribution in [3.05, 3.63) is 30.1 Å². The smallest absolute Gasteiger partial charge is 0.248 e. The van der Waals surface area contributed by atoms with Crippen LogP contribution in [0.25, 0.3) is 0 Å². The van der Waals surface area contributed by atoms with E-state index in [1.54, 1.807) is 24.0 Å². The van der Waals surface area contributed by atoms with Gasteiger partial charge in [-0.3, -0.25) is 9.48 Å². The third kappa shape index (κ3) is 4.99. The first-order valence-electron chi connectivity index (χ1n) is 10.8. The number of pyridine rings is 1. The van der Waals surface area contributed by atoms with Crippen molar-refractivity contribution in [1.29, 1.82) is 5.41 Å². The monoisotopic (exact) mass is 460 g/mol. The predicted octanol–water partition coefficient (Wildman–Crippen LogP) is 1.98. The van der Waals surface area contributed by atoms with Crippen molar-refractivity contribution in [2.24, 2.45) is 13.0 Å². The summed E-state index contributed by atoms with van der Waals surface area (Å²) < 4.78 is 32.7. The van der Waals surface area contributed by atoms with Crippen LogP contribution in [0.1, 0.15) is 37.7 Å². The van der Waals surface area contributed by atoms with Crippen molar-refractivity contribution in [3.8, 4) is 0 Å². The molecule has 11 heteroatoms. The third-order valence-corrected chi connectivity index (χ3v) is 8.18. The van der Waals surface area contributed by atoms with Crippen LogP contribution in [-0.2, 0) is 26.4 Å². The van der Waals surface area contributed by atoms with Gasteiger partial charge in [-0.25, -0.2) is 13.4 Å². The average Bonchev–Trinajstić information content (AvgIpc) is 3.57. The minimum atomic E-state index is -3.52. The maximum absolute atomic E-state index is 13.1. The van der Waals surface area contributed by atoms with Crippen molar-refractivity contribution >= 4 is 33.6 Å². The molecule has 2 aromatic rings. The van der Waals surface area contributed by atoms with Gasteiger partial charge in [0.1, 0.15) is 11.9 Å². The zero-order valence-electron chi connectivity index (χ0n) is 18.0. The second-order valence-corrected chi connectivity index (χ2v) is 10.5. The van der Waals surface area contributed by atoms with Crippen molar-refractivity contribution in [3.63, 3.8) is 0 Å². The molecule has 1 saturated carbocycles. The number of amides is 1. The Morgan fingerprint density at radius 3 is 2.69 bits per heavy atom. The molecule has 1 saturated heterocycles. The lowest BCUT2D eigenvalue weighted by atomic mass is 9.92. The number of anilines is 2. The molecule has 2 aromatic heterocycles. The van der Waals surface area contributed by atoms with Crippen LogP contribution in [0.2, 0.25) is 0 Å². The highest BCUT2D eigenvalue weighted by molar-refractivity contribution is 7.92. The number of hydrogen-bond donors (Lipinski definition) is 3. The number of aryl methyl sites for hydroxylation is 1. The van der Waals surface area contributed by atoms with Gasteiger partial charge in [-0.2, -0.15) is 5.10 Å². The van der Waals surface area contributed by atoms with Gasteiger partial charge in [0.25, 0.3) is 0 Å². The van der Waals surface area contributed by atoms with Gasteiger partial charge in [-0.15, -0.1) is 0 Å². The first-order valence-corrected chi connectivity index (χ1v) is 12.3. The number of carbonyl (C=O) groups is 1. The summed E-state index contributed by atoms with van der Waals surface area (Å²) in [5.41, 5.74) is 0.182. The molecule has 1 aliphatic heterocycles. The van der Waals surface area contributed by atoms with Crippen LogP contribution in [0.3, 0.4) is 0 Å². The first-order chi connectivity index (χ1) is 15.4. The van der Waals surface area contributed by atoms with Crippen LogP contribution in [-0.4, -0.2) is 59.8 Å². The van der Waals surface area contributed by atoms with Crippen LogP contribution in [0.4, 0.5) is 11.6 Å². The maximum atomic E-state index is 13.1. The van der Waals surface area contributed by atoms with Crippen molar-refractivity contribution < 1.29 is 17.9 Å². The van der Waals surface area contributed by atoms with E-state index < -0.39 is 21.1 Å². The summed E-state index contributed by atoms with van der Waals surface area (Å²) in [5.74, 6) is 0.637. The van der Waals surface area contributed by atoms with E-state index in [1.165, 1.54) is 12.3 Å². The molecule has 1 amide bonds. The van der Waals surface area contributed by atoms with Gasteiger partial charge in [0.15, 0.2) is 15.7 Å². The molecule has 4 rings (SSSR count). The highest BCUT2D eigenvalue weighted by atomic mass is 32.2. The minimum Gasteiger partial charge on any atom is -0.381 e. The van der Waals surface area contributed by atoms with E-state index in [-0.39, 0.29) is 28.1 Å². The Morgan fingerprint density at radius 2 is 2.06 bits per heavy atom. The molecular weight excluding hydrogens is 432 g/mol. The second kappa shape index (κ2) is 9.37. The highest BCUT2D eigenvalue weighted by Gasteiger charge is 2.38. The van der Waals surface area contributed by atoms with Crippen LogP contribution in [0.5, 0.6) is 0 Å². The number of aromatic nitrogens is 3. The lowest BCUT2D eigenvalue weighted by molar-refractivity contribution is -0.117. The maximum Gasteiger partial charge on any atom is 0.248 e. The zero-order valence-corrected chi connectivity index (χ0v) is 18.8. The second-order valence-electron chi connectivity index (χ2n) is 8.31. The summed E-state index contributed by atoms with van der Waals surface area (Å²) in [6, 6.07) is 2.46. The van der Waals surface area contributed by atoms with Crippen molar-refractivity contribution in [2.75, 3.05) is 23.8 Å². The molecule has 1 aliphatic carbocycles. The summed E-state index contributed by atoms with van der Waals surface area (Å²) in [5, 5.41) is 17.6. The SMILES string of the molecule is Cn1ccc(NC(=O)[C@@H](CC2CCOCC2)Nc2nccc(S(=O)(=O)C3CC3)c2C=N)n1. The standard InChI is InChI=1S/C21H28N6O4S/c1-27-9-5-19(26-27)25-21(28)17(12-14-6-10-31-11-7-14)24-20-16(13-22)18(4-8-23-20)32(29,30)15-2-3-15/h4-5,8-9,13-15,17,22H,2-3,6-7,10-12H2,1H3,(H,23,24)(H,25,26,28)/t17-/m1/s1. The predicted molar refractivity (Wildman–Crippen MR) is 120 cm³/mol. The molecule has 1 atom stereocenters.